The Kier molecular flexibility index (Phi) is 4.74. The monoisotopic (exact) mass is 283 g/mol. The molecule has 1 fully saturated rings. The minimum atomic E-state index is -0.639. The van der Waals surface area contributed by atoms with Crippen LogP contribution in [0.2, 0.25) is 0 Å². The van der Waals surface area contributed by atoms with Gasteiger partial charge < -0.3 is 10.0 Å². The Morgan fingerprint density at radius 2 is 2.26 bits per heavy atom. The van der Waals surface area contributed by atoms with Crippen molar-refractivity contribution in [3.05, 3.63) is 29.1 Å². The Bertz CT molecular complexity index is 450. The van der Waals surface area contributed by atoms with Crippen molar-refractivity contribution in [2.45, 2.75) is 38.5 Å². The van der Waals surface area contributed by atoms with E-state index in [1.54, 1.807) is 13.8 Å². The van der Waals surface area contributed by atoms with Crippen molar-refractivity contribution in [2.75, 3.05) is 23.7 Å². The number of thioether (sulfide) groups is 1. The zero-order valence-electron chi connectivity index (χ0n) is 11.8. The highest BCUT2D eigenvalue weighted by atomic mass is 32.2. The molecule has 19 heavy (non-hydrogen) atoms. The van der Waals surface area contributed by atoms with Gasteiger partial charge in [0, 0.05) is 35.3 Å². The maximum atomic E-state index is 13.7. The van der Waals surface area contributed by atoms with Crippen LogP contribution in [0.4, 0.5) is 10.1 Å². The van der Waals surface area contributed by atoms with Gasteiger partial charge in [0.05, 0.1) is 6.10 Å². The predicted octanol–water partition coefficient (Wildman–Crippen LogP) is 3.52. The molecule has 0 saturated carbocycles. The Hall–Kier alpha value is -0.740. The molecule has 1 heterocycles. The summed E-state index contributed by atoms with van der Waals surface area (Å²) in [6.45, 7) is 7.62. The SMILES string of the molecule is CCC1CN(c2cc(C)c(F)cc2C(C)O)CCS1. The van der Waals surface area contributed by atoms with Crippen LogP contribution in [-0.4, -0.2) is 29.2 Å². The van der Waals surface area contributed by atoms with E-state index in [2.05, 4.69) is 11.8 Å². The fourth-order valence-electron chi connectivity index (χ4n) is 2.48. The quantitative estimate of drug-likeness (QED) is 0.918. The molecule has 2 unspecified atom stereocenters. The van der Waals surface area contributed by atoms with Crippen molar-refractivity contribution in [2.24, 2.45) is 0 Å². The van der Waals surface area contributed by atoms with Crippen LogP contribution in [0.3, 0.4) is 0 Å². The summed E-state index contributed by atoms with van der Waals surface area (Å²) in [7, 11) is 0. The standard InChI is InChI=1S/C15H22FNOS/c1-4-12-9-17(5-6-19-12)15-7-10(2)14(16)8-13(15)11(3)18/h7-8,11-12,18H,4-6,9H2,1-3H3. The van der Waals surface area contributed by atoms with Gasteiger partial charge in [-0.25, -0.2) is 4.39 Å². The van der Waals surface area contributed by atoms with Crippen LogP contribution in [0, 0.1) is 12.7 Å². The minimum Gasteiger partial charge on any atom is -0.389 e. The van der Waals surface area contributed by atoms with Gasteiger partial charge >= 0.3 is 0 Å². The van der Waals surface area contributed by atoms with E-state index in [0.717, 1.165) is 31.0 Å². The molecule has 4 heteroatoms. The van der Waals surface area contributed by atoms with E-state index in [9.17, 15) is 9.50 Å². The Morgan fingerprint density at radius 3 is 2.89 bits per heavy atom. The van der Waals surface area contributed by atoms with E-state index in [1.165, 1.54) is 6.07 Å². The van der Waals surface area contributed by atoms with Crippen LogP contribution in [0.1, 0.15) is 37.5 Å². The van der Waals surface area contributed by atoms with Crippen LogP contribution >= 0.6 is 11.8 Å². The smallest absolute Gasteiger partial charge is 0.126 e. The second-order valence-electron chi connectivity index (χ2n) is 5.18. The lowest BCUT2D eigenvalue weighted by atomic mass is 10.0. The second-order valence-corrected chi connectivity index (χ2v) is 6.59. The number of benzene rings is 1. The number of aryl methyl sites for hydroxylation is 1. The number of aliphatic hydroxyl groups excluding tert-OH is 1. The Morgan fingerprint density at radius 1 is 1.53 bits per heavy atom. The normalized spacial score (nSPS) is 21.5. The zero-order valence-corrected chi connectivity index (χ0v) is 12.6. The van der Waals surface area contributed by atoms with Crippen LogP contribution in [0.25, 0.3) is 0 Å². The molecule has 1 aromatic rings. The van der Waals surface area contributed by atoms with Crippen molar-refractivity contribution < 1.29 is 9.50 Å². The van der Waals surface area contributed by atoms with Gasteiger partial charge in [-0.1, -0.05) is 6.92 Å². The van der Waals surface area contributed by atoms with E-state index in [-0.39, 0.29) is 5.82 Å². The lowest BCUT2D eigenvalue weighted by Gasteiger charge is -2.35. The summed E-state index contributed by atoms with van der Waals surface area (Å²) in [5.74, 6) is 0.854. The van der Waals surface area contributed by atoms with Crippen molar-refractivity contribution in [1.29, 1.82) is 0 Å². The molecular weight excluding hydrogens is 261 g/mol. The molecule has 2 nitrogen and oxygen atoms in total. The molecule has 1 aromatic carbocycles. The number of hydrogen-bond acceptors (Lipinski definition) is 3. The lowest BCUT2D eigenvalue weighted by Crippen LogP contribution is -2.38. The van der Waals surface area contributed by atoms with Gasteiger partial charge in [0.15, 0.2) is 0 Å². The third kappa shape index (κ3) is 3.23. The average Bonchev–Trinajstić information content (AvgIpc) is 2.41. The van der Waals surface area contributed by atoms with Crippen molar-refractivity contribution >= 4 is 17.4 Å². The van der Waals surface area contributed by atoms with Crippen LogP contribution in [-0.2, 0) is 0 Å². The third-order valence-corrected chi connectivity index (χ3v) is 5.06. The van der Waals surface area contributed by atoms with Gasteiger partial charge in [0.2, 0.25) is 0 Å². The fourth-order valence-corrected chi connectivity index (χ4v) is 3.66. The molecule has 0 aromatic heterocycles. The average molecular weight is 283 g/mol. The first-order valence-electron chi connectivity index (χ1n) is 6.87. The first-order valence-corrected chi connectivity index (χ1v) is 7.92. The topological polar surface area (TPSA) is 23.5 Å². The maximum absolute atomic E-state index is 13.7. The van der Waals surface area contributed by atoms with Gasteiger partial charge in [-0.2, -0.15) is 11.8 Å². The molecule has 0 bridgehead atoms. The summed E-state index contributed by atoms with van der Waals surface area (Å²) < 4.78 is 13.7. The first-order chi connectivity index (χ1) is 9.02. The molecule has 106 valence electrons. The van der Waals surface area contributed by atoms with Crippen molar-refractivity contribution in [3.8, 4) is 0 Å². The van der Waals surface area contributed by atoms with E-state index in [0.29, 0.717) is 16.4 Å². The maximum Gasteiger partial charge on any atom is 0.126 e. The molecule has 0 spiro atoms. The van der Waals surface area contributed by atoms with Crippen molar-refractivity contribution in [3.63, 3.8) is 0 Å². The summed E-state index contributed by atoms with van der Waals surface area (Å²) in [5, 5.41) is 10.5. The number of hydrogen-bond donors (Lipinski definition) is 1. The molecule has 0 aliphatic carbocycles. The third-order valence-electron chi connectivity index (χ3n) is 3.69. The fraction of sp³-hybridized carbons (Fsp3) is 0.600. The first kappa shape index (κ1) is 14.7. The van der Waals surface area contributed by atoms with E-state index in [4.69, 9.17) is 0 Å². The molecule has 2 rings (SSSR count). The number of rotatable bonds is 3. The molecule has 1 saturated heterocycles. The number of anilines is 1. The highest BCUT2D eigenvalue weighted by Crippen LogP contribution is 2.33. The summed E-state index contributed by atoms with van der Waals surface area (Å²) >= 11 is 2.00. The molecular formula is C15H22FNOS. The lowest BCUT2D eigenvalue weighted by molar-refractivity contribution is 0.199. The van der Waals surface area contributed by atoms with Gasteiger partial charge in [0.25, 0.3) is 0 Å². The number of aliphatic hydroxyl groups is 1. The van der Waals surface area contributed by atoms with Gasteiger partial charge in [0.1, 0.15) is 5.82 Å². The number of nitrogens with zero attached hydrogens (tertiary/aromatic N) is 1. The largest absolute Gasteiger partial charge is 0.389 e. The minimum absolute atomic E-state index is 0.238. The number of halogens is 1. The zero-order chi connectivity index (χ0) is 14.0. The molecule has 1 aliphatic rings. The Labute approximate surface area is 119 Å². The summed E-state index contributed by atoms with van der Waals surface area (Å²) in [6, 6.07) is 3.36. The van der Waals surface area contributed by atoms with Gasteiger partial charge in [-0.15, -0.1) is 0 Å². The summed E-state index contributed by atoms with van der Waals surface area (Å²) in [4.78, 5) is 2.29. The van der Waals surface area contributed by atoms with Crippen molar-refractivity contribution in [1.82, 2.24) is 0 Å². The predicted molar refractivity (Wildman–Crippen MR) is 80.5 cm³/mol. The molecule has 0 radical (unpaired) electrons. The van der Waals surface area contributed by atoms with Crippen LogP contribution < -0.4 is 4.90 Å². The summed E-state index contributed by atoms with van der Waals surface area (Å²) in [5.41, 5.74) is 2.34. The summed E-state index contributed by atoms with van der Waals surface area (Å²) in [6.07, 6.45) is 0.505. The molecule has 1 N–H and O–H groups in total. The highest BCUT2D eigenvalue weighted by Gasteiger charge is 2.23. The second kappa shape index (κ2) is 6.14. The Balaban J connectivity index is 2.34. The highest BCUT2D eigenvalue weighted by molar-refractivity contribution is 8.00. The van der Waals surface area contributed by atoms with Gasteiger partial charge in [-0.05, 0) is 38.0 Å². The van der Waals surface area contributed by atoms with Crippen LogP contribution in [0.15, 0.2) is 12.1 Å². The molecule has 0 amide bonds. The van der Waals surface area contributed by atoms with E-state index >= 15 is 0 Å². The van der Waals surface area contributed by atoms with E-state index in [1.807, 2.05) is 17.8 Å². The van der Waals surface area contributed by atoms with Gasteiger partial charge in [-0.3, -0.25) is 0 Å². The molecule has 2 atom stereocenters. The van der Waals surface area contributed by atoms with Crippen LogP contribution in [0.5, 0.6) is 0 Å². The van der Waals surface area contributed by atoms with E-state index < -0.39 is 6.10 Å². The molecule has 1 aliphatic heterocycles.